The van der Waals surface area contributed by atoms with Gasteiger partial charge in [-0.05, 0) is 12.0 Å². The lowest BCUT2D eigenvalue weighted by Gasteiger charge is -2.12. The number of benzene rings is 1. The first kappa shape index (κ1) is 15.0. The molecule has 104 valence electrons. The molecule has 0 aliphatic heterocycles. The molecule has 0 heterocycles. The van der Waals surface area contributed by atoms with Gasteiger partial charge in [-0.2, -0.15) is 0 Å². The molecular weight excluding hydrogens is 274 g/mol. The Kier molecular flexibility index (Phi) is 4.94. The molecule has 0 saturated carbocycles. The van der Waals surface area contributed by atoms with E-state index in [1.807, 2.05) is 19.2 Å². The van der Waals surface area contributed by atoms with Crippen LogP contribution in [0.15, 0.2) is 12.1 Å². The van der Waals surface area contributed by atoms with Gasteiger partial charge < -0.3 is 10.4 Å². The Morgan fingerprint density at radius 3 is 2.58 bits per heavy atom. The lowest BCUT2D eigenvalue weighted by atomic mass is 10.2. The molecule has 0 aliphatic carbocycles. The molecule has 1 amide bonds. The molecule has 0 radical (unpaired) electrons. The molecule has 0 saturated heterocycles. The predicted octanol–water partition coefficient (Wildman–Crippen LogP) is 3.41. The predicted molar refractivity (Wildman–Crippen MR) is 73.1 cm³/mol. The highest BCUT2D eigenvalue weighted by atomic mass is 35.5. The van der Waals surface area contributed by atoms with E-state index in [-0.39, 0.29) is 16.4 Å². The molecule has 8 heteroatoms. The van der Waals surface area contributed by atoms with Gasteiger partial charge in [0.05, 0.1) is 15.6 Å². The zero-order valence-electron chi connectivity index (χ0n) is 10.4. The van der Waals surface area contributed by atoms with Gasteiger partial charge in [-0.25, -0.2) is 4.79 Å². The normalized spacial score (nSPS) is 10.3. The Labute approximate surface area is 114 Å². The number of hydrogen-bond donors (Lipinski definition) is 3. The van der Waals surface area contributed by atoms with E-state index in [0.717, 1.165) is 6.07 Å². The molecule has 1 aromatic carbocycles. The van der Waals surface area contributed by atoms with Crippen LogP contribution in [-0.2, 0) is 0 Å². The molecule has 0 bridgehead atoms. The largest absolute Gasteiger partial charge is 0.465 e. The molecule has 1 aromatic rings. The SMILES string of the molecule is CC(C)CNc1cc(NC(=O)O)c([N+](=O)[O-])cc1Cl. The summed E-state index contributed by atoms with van der Waals surface area (Å²) in [6.07, 6.45) is -1.37. The third-order valence-corrected chi connectivity index (χ3v) is 2.54. The van der Waals surface area contributed by atoms with Gasteiger partial charge in [0.15, 0.2) is 0 Å². The second-order valence-electron chi connectivity index (χ2n) is 4.31. The second kappa shape index (κ2) is 6.24. The summed E-state index contributed by atoms with van der Waals surface area (Å²) >= 11 is 5.92. The van der Waals surface area contributed by atoms with E-state index in [0.29, 0.717) is 18.2 Å². The Morgan fingerprint density at radius 2 is 2.11 bits per heavy atom. The molecule has 0 aromatic heterocycles. The van der Waals surface area contributed by atoms with Gasteiger partial charge in [0, 0.05) is 12.6 Å². The van der Waals surface area contributed by atoms with Crippen molar-refractivity contribution in [3.63, 3.8) is 0 Å². The monoisotopic (exact) mass is 287 g/mol. The minimum atomic E-state index is -1.37. The highest BCUT2D eigenvalue weighted by Crippen LogP contribution is 2.34. The second-order valence-corrected chi connectivity index (χ2v) is 4.72. The van der Waals surface area contributed by atoms with Crippen LogP contribution in [-0.4, -0.2) is 22.7 Å². The van der Waals surface area contributed by atoms with Crippen LogP contribution in [0.3, 0.4) is 0 Å². The molecular formula is C11H14ClN3O4. The maximum absolute atomic E-state index is 10.8. The van der Waals surface area contributed by atoms with Gasteiger partial charge in [0.2, 0.25) is 0 Å². The van der Waals surface area contributed by atoms with Crippen LogP contribution >= 0.6 is 11.6 Å². The van der Waals surface area contributed by atoms with E-state index >= 15 is 0 Å². The third-order valence-electron chi connectivity index (χ3n) is 2.22. The molecule has 0 fully saturated rings. The van der Waals surface area contributed by atoms with Crippen molar-refractivity contribution in [3.05, 3.63) is 27.3 Å². The van der Waals surface area contributed by atoms with E-state index in [9.17, 15) is 14.9 Å². The van der Waals surface area contributed by atoms with Gasteiger partial charge in [0.25, 0.3) is 5.69 Å². The Morgan fingerprint density at radius 1 is 1.47 bits per heavy atom. The highest BCUT2D eigenvalue weighted by Gasteiger charge is 2.19. The minimum absolute atomic E-state index is 0.117. The standard InChI is InChI=1S/C11H14ClN3O4/c1-6(2)5-13-8-4-9(14-11(16)17)10(15(18)19)3-7(8)12/h3-4,6,13-14H,5H2,1-2H3,(H,16,17). The van der Waals surface area contributed by atoms with Crippen molar-refractivity contribution >= 4 is 34.8 Å². The third kappa shape index (κ3) is 4.29. The van der Waals surface area contributed by atoms with Crippen LogP contribution in [0.25, 0.3) is 0 Å². The van der Waals surface area contributed by atoms with Crippen molar-refractivity contribution in [1.29, 1.82) is 0 Å². The maximum atomic E-state index is 10.8. The molecule has 0 atom stereocenters. The summed E-state index contributed by atoms with van der Waals surface area (Å²) in [5.74, 6) is 0.349. The van der Waals surface area contributed by atoms with E-state index < -0.39 is 11.0 Å². The fourth-order valence-corrected chi connectivity index (χ4v) is 1.60. The molecule has 0 aliphatic rings. The number of nitrogens with one attached hydrogen (secondary N) is 2. The zero-order valence-corrected chi connectivity index (χ0v) is 11.2. The van der Waals surface area contributed by atoms with E-state index in [2.05, 4.69) is 5.32 Å². The summed E-state index contributed by atoms with van der Waals surface area (Å²) in [5, 5.41) is 24.7. The number of rotatable bonds is 5. The maximum Gasteiger partial charge on any atom is 0.409 e. The van der Waals surface area contributed by atoms with Crippen LogP contribution in [0.2, 0.25) is 5.02 Å². The fourth-order valence-electron chi connectivity index (χ4n) is 1.38. The molecule has 19 heavy (non-hydrogen) atoms. The average molecular weight is 288 g/mol. The first-order valence-corrected chi connectivity index (χ1v) is 5.90. The number of nitro benzene ring substituents is 1. The van der Waals surface area contributed by atoms with Crippen molar-refractivity contribution in [2.45, 2.75) is 13.8 Å². The van der Waals surface area contributed by atoms with Crippen LogP contribution < -0.4 is 10.6 Å². The number of halogens is 1. The lowest BCUT2D eigenvalue weighted by Crippen LogP contribution is -2.12. The highest BCUT2D eigenvalue weighted by molar-refractivity contribution is 6.33. The number of carbonyl (C=O) groups is 1. The number of anilines is 2. The summed E-state index contributed by atoms with van der Waals surface area (Å²) < 4.78 is 0. The quantitative estimate of drug-likeness (QED) is 0.568. The van der Waals surface area contributed by atoms with Crippen molar-refractivity contribution in [1.82, 2.24) is 0 Å². The Bertz CT molecular complexity index is 505. The van der Waals surface area contributed by atoms with Crippen LogP contribution in [0.4, 0.5) is 21.9 Å². The van der Waals surface area contributed by atoms with Crippen molar-refractivity contribution < 1.29 is 14.8 Å². The number of nitro groups is 1. The van der Waals surface area contributed by atoms with Crippen molar-refractivity contribution in [3.8, 4) is 0 Å². The van der Waals surface area contributed by atoms with E-state index in [1.165, 1.54) is 6.07 Å². The average Bonchev–Trinajstić information content (AvgIpc) is 2.28. The fraction of sp³-hybridized carbons (Fsp3) is 0.364. The summed E-state index contributed by atoms with van der Waals surface area (Å²) in [6.45, 7) is 4.59. The minimum Gasteiger partial charge on any atom is -0.465 e. The van der Waals surface area contributed by atoms with Crippen molar-refractivity contribution in [2.75, 3.05) is 17.2 Å². The van der Waals surface area contributed by atoms with Gasteiger partial charge in [-0.1, -0.05) is 25.4 Å². The number of amides is 1. The Balaban J connectivity index is 3.13. The number of nitrogens with zero attached hydrogens (tertiary/aromatic N) is 1. The van der Waals surface area contributed by atoms with Crippen LogP contribution in [0, 0.1) is 16.0 Å². The topological polar surface area (TPSA) is 104 Å². The van der Waals surface area contributed by atoms with Gasteiger partial charge in [-0.15, -0.1) is 0 Å². The summed E-state index contributed by atoms with van der Waals surface area (Å²) in [7, 11) is 0. The van der Waals surface area contributed by atoms with E-state index in [4.69, 9.17) is 16.7 Å². The van der Waals surface area contributed by atoms with Gasteiger partial charge >= 0.3 is 6.09 Å². The number of carboxylic acid groups (broad SMARTS) is 1. The first-order valence-electron chi connectivity index (χ1n) is 5.53. The van der Waals surface area contributed by atoms with Crippen molar-refractivity contribution in [2.24, 2.45) is 5.92 Å². The molecule has 1 rings (SSSR count). The molecule has 3 N–H and O–H groups in total. The van der Waals surface area contributed by atoms with E-state index in [1.54, 1.807) is 0 Å². The molecule has 7 nitrogen and oxygen atoms in total. The first-order chi connectivity index (χ1) is 8.81. The Hall–Kier alpha value is -2.02. The zero-order chi connectivity index (χ0) is 14.6. The van der Waals surface area contributed by atoms with Crippen LogP contribution in [0.5, 0.6) is 0 Å². The number of hydrogen-bond acceptors (Lipinski definition) is 4. The summed E-state index contributed by atoms with van der Waals surface area (Å²) in [5.41, 5.74) is -0.0552. The molecule has 0 spiro atoms. The van der Waals surface area contributed by atoms with Gasteiger partial charge in [0.1, 0.15) is 5.69 Å². The van der Waals surface area contributed by atoms with Gasteiger partial charge in [-0.3, -0.25) is 15.4 Å². The lowest BCUT2D eigenvalue weighted by molar-refractivity contribution is -0.383. The van der Waals surface area contributed by atoms with Crippen LogP contribution in [0.1, 0.15) is 13.8 Å². The smallest absolute Gasteiger partial charge is 0.409 e. The summed E-state index contributed by atoms with van der Waals surface area (Å²) in [4.78, 5) is 20.8. The summed E-state index contributed by atoms with van der Waals surface area (Å²) in [6, 6.07) is 2.44. The molecule has 0 unspecified atom stereocenters.